The Balaban J connectivity index is 1.65. The SMILES string of the molecule is CC(C)(NC(=O)CCc1ccsc1)c1nnc2n1CCCC2. The van der Waals surface area contributed by atoms with E-state index in [1.807, 2.05) is 19.2 Å². The van der Waals surface area contributed by atoms with E-state index in [0.29, 0.717) is 6.42 Å². The lowest BCUT2D eigenvalue weighted by Gasteiger charge is -2.27. The van der Waals surface area contributed by atoms with Crippen LogP contribution in [0.15, 0.2) is 16.8 Å². The number of hydrogen-bond donors (Lipinski definition) is 1. The standard InChI is InChI=1S/C16H22N4OS/c1-16(2,15-19-18-13-5-3-4-9-20(13)15)17-14(21)7-6-12-8-10-22-11-12/h8,10-11H,3-7,9H2,1-2H3,(H,17,21). The van der Waals surface area contributed by atoms with E-state index < -0.39 is 5.54 Å². The van der Waals surface area contributed by atoms with Gasteiger partial charge in [-0.1, -0.05) is 0 Å². The van der Waals surface area contributed by atoms with Crippen LogP contribution in [-0.4, -0.2) is 20.7 Å². The second-order valence-electron chi connectivity index (χ2n) is 6.35. The average molecular weight is 318 g/mol. The van der Waals surface area contributed by atoms with E-state index in [-0.39, 0.29) is 5.91 Å². The molecule has 6 heteroatoms. The number of fused-ring (bicyclic) bond motifs is 1. The van der Waals surface area contributed by atoms with Crippen molar-refractivity contribution in [3.05, 3.63) is 34.0 Å². The third-order valence-electron chi connectivity index (χ3n) is 4.09. The number of carbonyl (C=O) groups is 1. The molecule has 3 heterocycles. The molecule has 0 saturated carbocycles. The number of nitrogens with one attached hydrogen (secondary N) is 1. The molecule has 22 heavy (non-hydrogen) atoms. The lowest BCUT2D eigenvalue weighted by Crippen LogP contribution is -2.43. The van der Waals surface area contributed by atoms with Crippen LogP contribution in [0.2, 0.25) is 0 Å². The van der Waals surface area contributed by atoms with E-state index in [2.05, 4.69) is 31.5 Å². The Morgan fingerprint density at radius 2 is 2.27 bits per heavy atom. The van der Waals surface area contributed by atoms with Gasteiger partial charge < -0.3 is 9.88 Å². The number of thiophene rings is 1. The summed E-state index contributed by atoms with van der Waals surface area (Å²) in [5, 5.41) is 15.9. The van der Waals surface area contributed by atoms with Gasteiger partial charge in [0.2, 0.25) is 5.91 Å². The minimum atomic E-state index is -0.492. The Bertz CT molecular complexity index is 645. The highest BCUT2D eigenvalue weighted by atomic mass is 32.1. The largest absolute Gasteiger partial charge is 0.344 e. The van der Waals surface area contributed by atoms with E-state index in [1.165, 1.54) is 12.0 Å². The first-order valence-corrected chi connectivity index (χ1v) is 8.75. The first-order valence-electron chi connectivity index (χ1n) is 7.81. The van der Waals surface area contributed by atoms with Crippen LogP contribution in [0.1, 0.15) is 50.3 Å². The number of aromatic nitrogens is 3. The van der Waals surface area contributed by atoms with Crippen LogP contribution in [0.3, 0.4) is 0 Å². The van der Waals surface area contributed by atoms with Gasteiger partial charge in [0.25, 0.3) is 0 Å². The van der Waals surface area contributed by atoms with Crippen LogP contribution in [0, 0.1) is 0 Å². The number of hydrogen-bond acceptors (Lipinski definition) is 4. The van der Waals surface area contributed by atoms with Crippen LogP contribution in [-0.2, 0) is 29.7 Å². The fourth-order valence-electron chi connectivity index (χ4n) is 2.93. The van der Waals surface area contributed by atoms with E-state index >= 15 is 0 Å². The topological polar surface area (TPSA) is 59.8 Å². The maximum absolute atomic E-state index is 12.3. The monoisotopic (exact) mass is 318 g/mol. The Morgan fingerprint density at radius 3 is 3.05 bits per heavy atom. The molecular formula is C16H22N4OS. The Hall–Kier alpha value is -1.69. The summed E-state index contributed by atoms with van der Waals surface area (Å²) < 4.78 is 2.17. The zero-order valence-corrected chi connectivity index (χ0v) is 13.9. The number of aryl methyl sites for hydroxylation is 2. The van der Waals surface area contributed by atoms with Crippen molar-refractivity contribution >= 4 is 17.2 Å². The summed E-state index contributed by atoms with van der Waals surface area (Å²) in [5.41, 5.74) is 0.728. The minimum Gasteiger partial charge on any atom is -0.344 e. The van der Waals surface area contributed by atoms with Crippen LogP contribution in [0.25, 0.3) is 0 Å². The Labute approximate surface area is 134 Å². The molecule has 0 unspecified atom stereocenters. The highest BCUT2D eigenvalue weighted by Crippen LogP contribution is 2.23. The Morgan fingerprint density at radius 1 is 1.41 bits per heavy atom. The molecule has 0 aliphatic carbocycles. The van der Waals surface area contributed by atoms with Gasteiger partial charge in [-0.15, -0.1) is 10.2 Å². The van der Waals surface area contributed by atoms with E-state index in [0.717, 1.165) is 37.5 Å². The number of rotatable bonds is 5. The third-order valence-corrected chi connectivity index (χ3v) is 4.82. The number of amides is 1. The first kappa shape index (κ1) is 15.2. The van der Waals surface area contributed by atoms with Gasteiger partial charge in [0.05, 0.1) is 5.54 Å². The van der Waals surface area contributed by atoms with Gasteiger partial charge in [0.15, 0.2) is 5.82 Å². The molecule has 0 fully saturated rings. The number of nitrogens with zero attached hydrogens (tertiary/aromatic N) is 3. The predicted molar refractivity (Wildman–Crippen MR) is 86.8 cm³/mol. The molecule has 0 saturated heterocycles. The van der Waals surface area contributed by atoms with Crippen molar-refractivity contribution < 1.29 is 4.79 Å². The molecular weight excluding hydrogens is 296 g/mol. The molecule has 0 bridgehead atoms. The quantitative estimate of drug-likeness (QED) is 0.922. The zero-order valence-electron chi connectivity index (χ0n) is 13.1. The summed E-state index contributed by atoms with van der Waals surface area (Å²) in [6.07, 6.45) is 4.59. The van der Waals surface area contributed by atoms with Gasteiger partial charge in [-0.3, -0.25) is 4.79 Å². The fourth-order valence-corrected chi connectivity index (χ4v) is 3.63. The lowest BCUT2D eigenvalue weighted by atomic mass is 10.0. The third kappa shape index (κ3) is 3.21. The smallest absolute Gasteiger partial charge is 0.221 e. The van der Waals surface area contributed by atoms with Crippen LogP contribution in [0.4, 0.5) is 0 Å². The van der Waals surface area contributed by atoms with E-state index in [4.69, 9.17) is 0 Å². The highest BCUT2D eigenvalue weighted by molar-refractivity contribution is 7.07. The van der Waals surface area contributed by atoms with Gasteiger partial charge in [0.1, 0.15) is 5.82 Å². The summed E-state index contributed by atoms with van der Waals surface area (Å²) in [6.45, 7) is 4.95. The molecule has 0 spiro atoms. The van der Waals surface area contributed by atoms with Crippen molar-refractivity contribution in [1.82, 2.24) is 20.1 Å². The highest BCUT2D eigenvalue weighted by Gasteiger charge is 2.30. The van der Waals surface area contributed by atoms with Gasteiger partial charge in [-0.2, -0.15) is 11.3 Å². The van der Waals surface area contributed by atoms with Gasteiger partial charge in [-0.25, -0.2) is 0 Å². The fraction of sp³-hybridized carbons (Fsp3) is 0.562. The number of carbonyl (C=O) groups excluding carboxylic acids is 1. The first-order chi connectivity index (χ1) is 10.6. The summed E-state index contributed by atoms with van der Waals surface area (Å²) in [6, 6.07) is 2.07. The van der Waals surface area contributed by atoms with E-state index in [9.17, 15) is 4.79 Å². The van der Waals surface area contributed by atoms with Crippen molar-refractivity contribution in [3.63, 3.8) is 0 Å². The summed E-state index contributed by atoms with van der Waals surface area (Å²) >= 11 is 1.66. The van der Waals surface area contributed by atoms with Gasteiger partial charge in [-0.05, 0) is 55.5 Å². The maximum atomic E-state index is 12.3. The molecule has 3 rings (SSSR count). The minimum absolute atomic E-state index is 0.0596. The maximum Gasteiger partial charge on any atom is 0.221 e. The van der Waals surface area contributed by atoms with Crippen LogP contribution < -0.4 is 5.32 Å². The molecule has 5 nitrogen and oxygen atoms in total. The summed E-state index contributed by atoms with van der Waals surface area (Å²) in [7, 11) is 0. The van der Waals surface area contributed by atoms with Crippen LogP contribution in [0.5, 0.6) is 0 Å². The molecule has 0 radical (unpaired) electrons. The summed E-state index contributed by atoms with van der Waals surface area (Å²) in [5.74, 6) is 1.97. The lowest BCUT2D eigenvalue weighted by molar-refractivity contribution is -0.122. The van der Waals surface area contributed by atoms with Crippen molar-refractivity contribution in [2.45, 2.75) is 58.0 Å². The summed E-state index contributed by atoms with van der Waals surface area (Å²) in [4.78, 5) is 12.3. The predicted octanol–water partition coefficient (Wildman–Crippen LogP) is 2.66. The molecule has 2 aromatic rings. The van der Waals surface area contributed by atoms with Crippen molar-refractivity contribution in [2.75, 3.05) is 0 Å². The van der Waals surface area contributed by atoms with Crippen LogP contribution >= 0.6 is 11.3 Å². The molecule has 1 N–H and O–H groups in total. The van der Waals surface area contributed by atoms with Crippen molar-refractivity contribution in [1.29, 1.82) is 0 Å². The average Bonchev–Trinajstić information content (AvgIpc) is 3.14. The second kappa shape index (κ2) is 6.20. The molecule has 118 valence electrons. The molecule has 1 aliphatic heterocycles. The van der Waals surface area contributed by atoms with Crippen molar-refractivity contribution in [3.8, 4) is 0 Å². The van der Waals surface area contributed by atoms with Crippen molar-refractivity contribution in [2.24, 2.45) is 0 Å². The normalized spacial score (nSPS) is 14.6. The Kier molecular flexibility index (Phi) is 4.29. The molecule has 2 aromatic heterocycles. The second-order valence-corrected chi connectivity index (χ2v) is 7.13. The molecule has 0 atom stereocenters. The van der Waals surface area contributed by atoms with E-state index in [1.54, 1.807) is 11.3 Å². The zero-order chi connectivity index (χ0) is 15.6. The van der Waals surface area contributed by atoms with Gasteiger partial charge in [0, 0.05) is 19.4 Å². The molecule has 1 aliphatic rings. The molecule has 0 aromatic carbocycles. The molecule has 1 amide bonds. The van der Waals surface area contributed by atoms with Gasteiger partial charge >= 0.3 is 0 Å².